The third-order valence-corrected chi connectivity index (χ3v) is 15.3. The van der Waals surface area contributed by atoms with E-state index in [1.807, 2.05) is 91.0 Å². The lowest BCUT2D eigenvalue weighted by Crippen LogP contribution is -2.65. The number of hydrogen-bond donors (Lipinski definition) is 2. The molecule has 4 aromatic carbocycles. The molecule has 0 saturated carbocycles. The van der Waals surface area contributed by atoms with E-state index in [4.69, 9.17) is 26.1 Å². The minimum atomic E-state index is -3.27. The van der Waals surface area contributed by atoms with E-state index in [1.165, 1.54) is 35.3 Å². The van der Waals surface area contributed by atoms with Crippen LogP contribution in [0.15, 0.2) is 140 Å². The first-order chi connectivity index (χ1) is 30.1. The van der Waals surface area contributed by atoms with Gasteiger partial charge in [-0.25, -0.2) is 24.5 Å². The molecular weight excluding hydrogens is 832 g/mol. The van der Waals surface area contributed by atoms with Crippen molar-refractivity contribution >= 4 is 71.4 Å². The summed E-state index contributed by atoms with van der Waals surface area (Å²) in [4.78, 5) is 69.8. The zero-order valence-electron chi connectivity index (χ0n) is 36.4. The number of nitrogens with zero attached hydrogens (tertiary/aromatic N) is 5. The summed E-state index contributed by atoms with van der Waals surface area (Å²) in [5.74, 6) is -0.111. The molecule has 6 rings (SSSR count). The maximum atomic E-state index is 14.1. The zero-order valence-corrected chi connectivity index (χ0v) is 38.2. The largest absolute Gasteiger partial charge is 0.444 e. The Morgan fingerprint density at radius 2 is 1.40 bits per heavy atom. The summed E-state index contributed by atoms with van der Waals surface area (Å²) >= 11 is 6.36. The van der Waals surface area contributed by atoms with Gasteiger partial charge < -0.3 is 19.6 Å². The Balaban J connectivity index is 1.34. The number of unbranched alkanes of at least 4 members (excludes halogenated alkanes) is 1. The monoisotopic (exact) mass is 884 g/mol. The van der Waals surface area contributed by atoms with Gasteiger partial charge >= 0.3 is 12.2 Å². The Bertz CT molecular complexity index is 2470. The summed E-state index contributed by atoms with van der Waals surface area (Å²) in [6.45, 7) is 11.2. The van der Waals surface area contributed by atoms with Crippen molar-refractivity contribution in [2.75, 3.05) is 21.7 Å². The fourth-order valence-electron chi connectivity index (χ4n) is 7.36. The third kappa shape index (κ3) is 11.5. The minimum Gasteiger partial charge on any atom is -0.444 e. The molecular formula is C49H53ClN6O6Si. The molecule has 2 aromatic heterocycles. The third-order valence-electron chi connectivity index (χ3n) is 10.5. The van der Waals surface area contributed by atoms with Gasteiger partial charge in [0.2, 0.25) is 5.91 Å². The maximum Gasteiger partial charge on any atom is 0.420 e. The van der Waals surface area contributed by atoms with Crippen LogP contribution in [0, 0.1) is 0 Å². The van der Waals surface area contributed by atoms with Gasteiger partial charge in [-0.15, -0.1) is 0 Å². The van der Waals surface area contributed by atoms with Crippen LogP contribution in [-0.2, 0) is 20.9 Å². The van der Waals surface area contributed by atoms with E-state index in [0.29, 0.717) is 41.2 Å². The molecule has 2 N–H and O–H groups in total. The van der Waals surface area contributed by atoms with Crippen LogP contribution < -0.4 is 25.5 Å². The van der Waals surface area contributed by atoms with Crippen LogP contribution in [-0.4, -0.2) is 58.3 Å². The normalized spacial score (nSPS) is 11.7. The molecule has 0 unspecified atom stereocenters. The molecule has 0 fully saturated rings. The first kappa shape index (κ1) is 46.1. The van der Waals surface area contributed by atoms with E-state index in [-0.39, 0.29) is 36.4 Å². The van der Waals surface area contributed by atoms with Crippen molar-refractivity contribution in [3.63, 3.8) is 0 Å². The van der Waals surface area contributed by atoms with Crippen LogP contribution >= 0.6 is 11.6 Å². The number of amides is 3. The number of anilines is 4. The number of pyridine rings is 1. The molecule has 0 aliphatic heterocycles. The highest BCUT2D eigenvalue weighted by atomic mass is 35.5. The van der Waals surface area contributed by atoms with Crippen molar-refractivity contribution in [1.82, 2.24) is 15.0 Å². The van der Waals surface area contributed by atoms with Gasteiger partial charge in [0.1, 0.15) is 18.0 Å². The second kappa shape index (κ2) is 20.2. The zero-order chi connectivity index (χ0) is 45.2. The predicted molar refractivity (Wildman–Crippen MR) is 251 cm³/mol. The molecule has 0 aliphatic rings. The number of benzene rings is 4. The smallest absolute Gasteiger partial charge is 0.420 e. The number of carbonyl (C=O) groups is 3. The van der Waals surface area contributed by atoms with Gasteiger partial charge in [0.15, 0.2) is 5.82 Å². The number of hydrogen-bond acceptors (Lipinski definition) is 9. The molecule has 0 saturated heterocycles. The van der Waals surface area contributed by atoms with Crippen molar-refractivity contribution in [2.45, 2.75) is 78.1 Å². The molecule has 6 aromatic rings. The number of carbonyl (C=O) groups excluding carboxylic acids is 3. The highest BCUT2D eigenvalue weighted by molar-refractivity contribution is 6.98. The minimum absolute atomic E-state index is 0.0395. The van der Waals surface area contributed by atoms with E-state index in [9.17, 15) is 19.2 Å². The van der Waals surface area contributed by atoms with Gasteiger partial charge in [0.05, 0.1) is 35.7 Å². The van der Waals surface area contributed by atoms with Crippen LogP contribution in [0.4, 0.5) is 32.6 Å². The summed E-state index contributed by atoms with van der Waals surface area (Å²) in [6, 6.07) is 37.6. The standard InChI is InChI=1S/C49H53ClN6O6Si/c1-35(57)53-45-42(43-32-51-33-44(54-43)56(47(59)62-48(2,3)4)38-22-18-21-37(50)29-38)30-39(31-52-45)55(46(58)61-34-36-19-10-7-11-20-36)28-17-16-27-49(5,6)63(60,40-23-12-8-13-24-40)41-25-14-9-15-26-41/h7-15,18-26,29-33,60H,16-17,27-28,34H2,1-6H3,(H,52,53,57). The molecule has 0 radical (unpaired) electrons. The molecule has 12 nitrogen and oxygen atoms in total. The molecule has 0 spiro atoms. The number of ether oxygens (including phenoxy) is 2. The Hall–Kier alpha value is -6.41. The van der Waals surface area contributed by atoms with E-state index in [2.05, 4.69) is 29.1 Å². The van der Waals surface area contributed by atoms with Crippen LogP contribution in [0.1, 0.15) is 66.4 Å². The summed E-state index contributed by atoms with van der Waals surface area (Å²) in [5, 5.41) is 4.53. The maximum absolute atomic E-state index is 14.1. The molecule has 14 heteroatoms. The quantitative estimate of drug-likeness (QED) is 0.0760. The number of halogens is 1. The molecule has 63 heavy (non-hydrogen) atoms. The Labute approximate surface area is 375 Å². The lowest BCUT2D eigenvalue weighted by atomic mass is 10.0. The van der Waals surface area contributed by atoms with Gasteiger partial charge in [-0.1, -0.05) is 129 Å². The number of aromatic nitrogens is 3. The van der Waals surface area contributed by atoms with E-state index in [0.717, 1.165) is 15.9 Å². The van der Waals surface area contributed by atoms with Gasteiger partial charge in [0.25, 0.3) is 8.32 Å². The first-order valence-electron chi connectivity index (χ1n) is 20.8. The lowest BCUT2D eigenvalue weighted by Gasteiger charge is -2.41. The predicted octanol–water partition coefficient (Wildman–Crippen LogP) is 10.1. The van der Waals surface area contributed by atoms with Crippen molar-refractivity contribution in [1.29, 1.82) is 0 Å². The summed E-state index contributed by atoms with van der Waals surface area (Å²) in [5.41, 5.74) is 1.32. The van der Waals surface area contributed by atoms with E-state index < -0.39 is 31.1 Å². The van der Waals surface area contributed by atoms with Crippen LogP contribution in [0.3, 0.4) is 0 Å². The average Bonchev–Trinajstić information content (AvgIpc) is 3.26. The summed E-state index contributed by atoms with van der Waals surface area (Å²) in [6.07, 6.45) is 4.97. The van der Waals surface area contributed by atoms with E-state index in [1.54, 1.807) is 51.1 Å². The van der Waals surface area contributed by atoms with Gasteiger partial charge in [-0.2, -0.15) is 0 Å². The Kier molecular flexibility index (Phi) is 14.8. The van der Waals surface area contributed by atoms with Crippen LogP contribution in [0.25, 0.3) is 11.3 Å². The molecule has 3 amide bonds. The Morgan fingerprint density at radius 1 is 0.762 bits per heavy atom. The Morgan fingerprint density at radius 3 is 2.00 bits per heavy atom. The molecule has 326 valence electrons. The van der Waals surface area contributed by atoms with Crippen molar-refractivity contribution in [2.24, 2.45) is 0 Å². The fraction of sp³-hybridized carbons (Fsp3) is 0.265. The molecule has 2 heterocycles. The summed E-state index contributed by atoms with van der Waals surface area (Å²) < 4.78 is 11.7. The average molecular weight is 886 g/mol. The van der Waals surface area contributed by atoms with Gasteiger partial charge in [-0.3, -0.25) is 14.7 Å². The SMILES string of the molecule is CC(=O)Nc1ncc(N(CCCCC(C)(C)[Si](O)(c2ccccc2)c2ccccc2)C(=O)OCc2ccccc2)cc1-c1cncc(N(C(=O)OC(C)(C)C)c2cccc(Cl)c2)n1. The topological polar surface area (TPSA) is 147 Å². The molecule has 0 bridgehead atoms. The lowest BCUT2D eigenvalue weighted by molar-refractivity contribution is -0.114. The molecule has 0 atom stereocenters. The van der Waals surface area contributed by atoms with Crippen LogP contribution in [0.5, 0.6) is 0 Å². The van der Waals surface area contributed by atoms with Gasteiger partial charge in [-0.05, 0) is 78.9 Å². The van der Waals surface area contributed by atoms with Gasteiger partial charge in [0, 0.05) is 24.1 Å². The second-order valence-corrected chi connectivity index (χ2v) is 21.2. The highest BCUT2D eigenvalue weighted by Crippen LogP contribution is 2.40. The number of rotatable bonds is 15. The van der Waals surface area contributed by atoms with Crippen molar-refractivity contribution in [3.05, 3.63) is 151 Å². The second-order valence-electron chi connectivity index (χ2n) is 16.8. The molecule has 0 aliphatic carbocycles. The summed E-state index contributed by atoms with van der Waals surface area (Å²) in [7, 11) is -3.27. The van der Waals surface area contributed by atoms with Crippen molar-refractivity contribution in [3.8, 4) is 11.3 Å². The van der Waals surface area contributed by atoms with E-state index >= 15 is 0 Å². The fourth-order valence-corrected chi connectivity index (χ4v) is 11.3. The number of nitrogens with one attached hydrogen (secondary N) is 1. The van der Waals surface area contributed by atoms with Crippen molar-refractivity contribution < 1.29 is 28.7 Å². The van der Waals surface area contributed by atoms with Crippen LogP contribution in [0.2, 0.25) is 10.1 Å². The first-order valence-corrected chi connectivity index (χ1v) is 23.1. The highest BCUT2D eigenvalue weighted by Gasteiger charge is 2.49.